The van der Waals surface area contributed by atoms with Crippen molar-refractivity contribution < 1.29 is 9.53 Å². The minimum Gasteiger partial charge on any atom is -0.373 e. The van der Waals surface area contributed by atoms with E-state index in [1.54, 1.807) is 0 Å². The average molecular weight is 393 g/mol. The van der Waals surface area contributed by atoms with Crippen LogP contribution in [0, 0.1) is 19.8 Å². The third-order valence-corrected chi connectivity index (χ3v) is 4.99. The second kappa shape index (κ2) is 9.76. The van der Waals surface area contributed by atoms with Crippen molar-refractivity contribution in [3.63, 3.8) is 0 Å². The van der Waals surface area contributed by atoms with Gasteiger partial charge in [-0.2, -0.15) is 5.10 Å². The molecule has 1 aromatic rings. The van der Waals surface area contributed by atoms with Crippen LogP contribution in [0.15, 0.2) is 6.07 Å². The Hall–Kier alpha value is -0.820. The van der Waals surface area contributed by atoms with Gasteiger partial charge in [0.15, 0.2) is 0 Å². The van der Waals surface area contributed by atoms with Crippen molar-refractivity contribution in [2.75, 3.05) is 19.7 Å². The van der Waals surface area contributed by atoms with Gasteiger partial charge in [-0.1, -0.05) is 6.42 Å². The number of nitrogens with two attached hydrogens (primary N) is 1. The number of morpholine rings is 1. The number of ether oxygens (including phenoxy) is 1. The van der Waals surface area contributed by atoms with Crippen LogP contribution in [0.4, 0.5) is 0 Å². The molecule has 6 nitrogen and oxygen atoms in total. The van der Waals surface area contributed by atoms with Gasteiger partial charge in [-0.25, -0.2) is 0 Å². The fourth-order valence-electron chi connectivity index (χ4n) is 3.79. The Balaban J connectivity index is 0.00000156. The highest BCUT2D eigenvalue weighted by Crippen LogP contribution is 2.25. The van der Waals surface area contributed by atoms with Gasteiger partial charge in [0.25, 0.3) is 0 Å². The second-order valence-electron chi connectivity index (χ2n) is 7.01. The summed E-state index contributed by atoms with van der Waals surface area (Å²) < 4.78 is 7.83. The van der Waals surface area contributed by atoms with Gasteiger partial charge in [0.05, 0.1) is 24.9 Å². The third kappa shape index (κ3) is 5.58. The van der Waals surface area contributed by atoms with E-state index >= 15 is 0 Å². The lowest BCUT2D eigenvalue weighted by molar-refractivity contribution is -0.144. The average Bonchev–Trinajstić information content (AvgIpc) is 2.84. The zero-order chi connectivity index (χ0) is 16.4. The van der Waals surface area contributed by atoms with Gasteiger partial charge in [0.2, 0.25) is 5.91 Å². The number of hydrogen-bond donors (Lipinski definition) is 1. The lowest BCUT2D eigenvalue weighted by atomic mass is 9.85. The van der Waals surface area contributed by atoms with E-state index in [4.69, 9.17) is 10.5 Å². The number of amides is 1. The first-order valence-corrected chi connectivity index (χ1v) is 8.70. The first-order chi connectivity index (χ1) is 11.0. The standard InChI is InChI=1S/C17H28N4O2.2ClH/c1-12-8-13(2)21(19-12)11-16-10-20(6-7-23-16)17(22)14-4-3-5-15(18)9-14;;/h8,14-16H,3-7,9-11,18H2,1-2H3;2*1H. The Morgan fingerprint density at radius 3 is 2.76 bits per heavy atom. The molecule has 2 fully saturated rings. The molecule has 0 spiro atoms. The molecule has 1 aliphatic heterocycles. The number of carbonyl (C=O) groups excluding carboxylic acids is 1. The molecule has 8 heteroatoms. The van der Waals surface area contributed by atoms with E-state index in [-0.39, 0.29) is 48.8 Å². The van der Waals surface area contributed by atoms with E-state index < -0.39 is 0 Å². The van der Waals surface area contributed by atoms with Crippen molar-refractivity contribution in [2.45, 2.75) is 58.2 Å². The molecule has 1 aliphatic carbocycles. The summed E-state index contributed by atoms with van der Waals surface area (Å²) in [6, 6.07) is 2.25. The topological polar surface area (TPSA) is 73.4 Å². The van der Waals surface area contributed by atoms with Gasteiger partial charge >= 0.3 is 0 Å². The monoisotopic (exact) mass is 392 g/mol. The minimum absolute atomic E-state index is 0. The summed E-state index contributed by atoms with van der Waals surface area (Å²) in [6.45, 7) is 6.70. The van der Waals surface area contributed by atoms with Gasteiger partial charge in [-0.15, -0.1) is 24.8 Å². The molecule has 1 aromatic heterocycles. The molecule has 144 valence electrons. The number of carbonyl (C=O) groups is 1. The Morgan fingerprint density at radius 1 is 1.36 bits per heavy atom. The zero-order valence-electron chi connectivity index (χ0n) is 15.0. The normalized spacial score (nSPS) is 26.5. The highest BCUT2D eigenvalue weighted by Gasteiger charge is 2.32. The predicted molar refractivity (Wildman–Crippen MR) is 102 cm³/mol. The number of aromatic nitrogens is 2. The molecule has 3 rings (SSSR count). The quantitative estimate of drug-likeness (QED) is 0.854. The van der Waals surface area contributed by atoms with E-state index in [0.717, 1.165) is 37.1 Å². The van der Waals surface area contributed by atoms with E-state index in [1.165, 1.54) is 0 Å². The SMILES string of the molecule is Cc1cc(C)n(CC2CN(C(=O)C3CCCC(N)C3)CCO2)n1.Cl.Cl. The van der Waals surface area contributed by atoms with Crippen LogP contribution in [0.3, 0.4) is 0 Å². The van der Waals surface area contributed by atoms with Crippen LogP contribution >= 0.6 is 24.8 Å². The van der Waals surface area contributed by atoms with Crippen LogP contribution in [-0.4, -0.2) is 52.4 Å². The van der Waals surface area contributed by atoms with E-state index in [9.17, 15) is 4.79 Å². The summed E-state index contributed by atoms with van der Waals surface area (Å²) in [7, 11) is 0. The molecule has 3 atom stereocenters. The fourth-order valence-corrected chi connectivity index (χ4v) is 3.79. The largest absolute Gasteiger partial charge is 0.373 e. The van der Waals surface area contributed by atoms with Crippen molar-refractivity contribution in [1.29, 1.82) is 0 Å². The number of aryl methyl sites for hydroxylation is 2. The van der Waals surface area contributed by atoms with Crippen LogP contribution < -0.4 is 5.73 Å². The molecule has 3 unspecified atom stereocenters. The maximum Gasteiger partial charge on any atom is 0.225 e. The summed E-state index contributed by atoms with van der Waals surface area (Å²) in [5, 5.41) is 4.49. The molecular formula is C17H30Cl2N4O2. The van der Waals surface area contributed by atoms with Crippen LogP contribution in [0.1, 0.15) is 37.1 Å². The Kier molecular flexibility index (Phi) is 8.68. The maximum absolute atomic E-state index is 12.8. The van der Waals surface area contributed by atoms with E-state index in [2.05, 4.69) is 18.1 Å². The molecule has 2 N–H and O–H groups in total. The Labute approximate surface area is 162 Å². The van der Waals surface area contributed by atoms with E-state index in [0.29, 0.717) is 26.2 Å². The number of hydrogen-bond acceptors (Lipinski definition) is 4. The van der Waals surface area contributed by atoms with Crippen molar-refractivity contribution in [3.05, 3.63) is 17.5 Å². The summed E-state index contributed by atoms with van der Waals surface area (Å²) in [5.74, 6) is 0.369. The predicted octanol–water partition coefficient (Wildman–Crippen LogP) is 2.09. The fraction of sp³-hybridized carbons (Fsp3) is 0.765. The highest BCUT2D eigenvalue weighted by atomic mass is 35.5. The van der Waals surface area contributed by atoms with Crippen LogP contribution in [0.2, 0.25) is 0 Å². The lowest BCUT2D eigenvalue weighted by Crippen LogP contribution is -2.50. The number of nitrogens with zero attached hydrogens (tertiary/aromatic N) is 3. The Bertz CT molecular complexity index is 567. The van der Waals surface area contributed by atoms with Crippen LogP contribution in [-0.2, 0) is 16.1 Å². The van der Waals surface area contributed by atoms with Gasteiger partial charge in [0.1, 0.15) is 0 Å². The van der Waals surface area contributed by atoms with Crippen LogP contribution in [0.25, 0.3) is 0 Å². The minimum atomic E-state index is 0. The zero-order valence-corrected chi connectivity index (χ0v) is 16.7. The van der Waals surface area contributed by atoms with Crippen molar-refractivity contribution in [1.82, 2.24) is 14.7 Å². The van der Waals surface area contributed by atoms with Gasteiger partial charge < -0.3 is 15.4 Å². The Morgan fingerprint density at radius 2 is 2.12 bits per heavy atom. The van der Waals surface area contributed by atoms with E-state index in [1.807, 2.05) is 16.5 Å². The van der Waals surface area contributed by atoms with Crippen LogP contribution in [0.5, 0.6) is 0 Å². The van der Waals surface area contributed by atoms with Gasteiger partial charge in [0, 0.05) is 30.7 Å². The number of rotatable bonds is 3. The molecule has 0 radical (unpaired) electrons. The molecule has 2 aliphatic rings. The van der Waals surface area contributed by atoms with Crippen molar-refractivity contribution in [2.24, 2.45) is 11.7 Å². The molecule has 1 saturated heterocycles. The summed E-state index contributed by atoms with van der Waals surface area (Å²) in [6.07, 6.45) is 3.94. The second-order valence-corrected chi connectivity index (χ2v) is 7.01. The number of halogens is 2. The highest BCUT2D eigenvalue weighted by molar-refractivity contribution is 5.85. The van der Waals surface area contributed by atoms with Crippen molar-refractivity contribution in [3.8, 4) is 0 Å². The molecule has 25 heavy (non-hydrogen) atoms. The first-order valence-electron chi connectivity index (χ1n) is 8.70. The summed E-state index contributed by atoms with van der Waals surface area (Å²) >= 11 is 0. The molecule has 0 bridgehead atoms. The summed E-state index contributed by atoms with van der Waals surface area (Å²) in [5.41, 5.74) is 8.18. The van der Waals surface area contributed by atoms with Gasteiger partial charge in [-0.3, -0.25) is 9.48 Å². The molecule has 0 aromatic carbocycles. The third-order valence-electron chi connectivity index (χ3n) is 4.99. The molecular weight excluding hydrogens is 363 g/mol. The smallest absolute Gasteiger partial charge is 0.225 e. The molecule has 1 amide bonds. The lowest BCUT2D eigenvalue weighted by Gasteiger charge is -2.36. The molecule has 1 saturated carbocycles. The first kappa shape index (κ1) is 22.2. The summed E-state index contributed by atoms with van der Waals surface area (Å²) in [4.78, 5) is 14.7. The van der Waals surface area contributed by atoms with Gasteiger partial charge in [-0.05, 0) is 39.2 Å². The molecule has 2 heterocycles. The maximum atomic E-state index is 12.8. The van der Waals surface area contributed by atoms with Crippen molar-refractivity contribution >= 4 is 30.7 Å².